The number of anilines is 1. The van der Waals surface area contributed by atoms with E-state index in [0.29, 0.717) is 11.5 Å². The van der Waals surface area contributed by atoms with Crippen LogP contribution >= 0.6 is 12.2 Å². The zero-order valence-corrected chi connectivity index (χ0v) is 13.4. The highest BCUT2D eigenvalue weighted by Gasteiger charge is 2.08. The summed E-state index contributed by atoms with van der Waals surface area (Å²) in [7, 11) is 0. The lowest BCUT2D eigenvalue weighted by atomic mass is 10.1. The third kappa shape index (κ3) is 5.29. The van der Waals surface area contributed by atoms with Crippen molar-refractivity contribution >= 4 is 28.9 Å². The molecule has 0 aliphatic carbocycles. The van der Waals surface area contributed by atoms with Gasteiger partial charge in [0.05, 0.1) is 0 Å². The van der Waals surface area contributed by atoms with Gasteiger partial charge in [0, 0.05) is 12.1 Å². The molecule has 1 amide bonds. The summed E-state index contributed by atoms with van der Waals surface area (Å²) < 4.78 is 0. The Hall–Kier alpha value is -1.42. The van der Waals surface area contributed by atoms with E-state index in [2.05, 4.69) is 30.5 Å². The first kappa shape index (κ1) is 16.6. The number of nitrogens with one attached hydrogen (secondary N) is 2. The minimum atomic E-state index is -0.0115. The molecule has 2 N–H and O–H groups in total. The second kappa shape index (κ2) is 8.69. The molecule has 0 aliphatic heterocycles. The van der Waals surface area contributed by atoms with Crippen LogP contribution in [0.3, 0.4) is 0 Å². The molecule has 1 aromatic carbocycles. The summed E-state index contributed by atoms with van der Waals surface area (Å²) >= 11 is 5.22. The minimum absolute atomic E-state index is 0.0115. The summed E-state index contributed by atoms with van der Waals surface area (Å²) in [5, 5.41) is 6.28. The van der Waals surface area contributed by atoms with E-state index in [0.717, 1.165) is 36.9 Å². The molecule has 0 aromatic heterocycles. The van der Waals surface area contributed by atoms with Gasteiger partial charge in [-0.25, -0.2) is 0 Å². The van der Waals surface area contributed by atoms with E-state index in [1.165, 1.54) is 5.56 Å². The molecule has 1 rings (SSSR count). The van der Waals surface area contributed by atoms with Gasteiger partial charge < -0.3 is 10.6 Å². The molecule has 0 atom stereocenters. The van der Waals surface area contributed by atoms with Crippen LogP contribution in [0.5, 0.6) is 0 Å². The number of para-hydroxylation sites is 1. The third-order valence-electron chi connectivity index (χ3n) is 3.24. The summed E-state index contributed by atoms with van der Waals surface area (Å²) in [6, 6.07) is 6.14. The fraction of sp³-hybridized carbons (Fsp3) is 0.500. The molecule has 20 heavy (non-hydrogen) atoms. The van der Waals surface area contributed by atoms with Gasteiger partial charge in [-0.3, -0.25) is 4.79 Å². The minimum Gasteiger partial charge on any atom is -0.332 e. The van der Waals surface area contributed by atoms with Gasteiger partial charge in [-0.15, -0.1) is 0 Å². The molecule has 3 nitrogen and oxygen atoms in total. The van der Waals surface area contributed by atoms with Crippen LogP contribution in [0.4, 0.5) is 5.69 Å². The Bertz CT molecular complexity index is 472. The highest BCUT2D eigenvalue weighted by atomic mass is 32.1. The van der Waals surface area contributed by atoms with E-state index in [4.69, 9.17) is 12.2 Å². The van der Waals surface area contributed by atoms with Crippen molar-refractivity contribution in [1.29, 1.82) is 0 Å². The quantitative estimate of drug-likeness (QED) is 0.616. The van der Waals surface area contributed by atoms with E-state index >= 15 is 0 Å². The lowest BCUT2D eigenvalue weighted by molar-refractivity contribution is -0.119. The number of carbonyl (C=O) groups excluding carboxylic acids is 1. The van der Waals surface area contributed by atoms with Crippen molar-refractivity contribution in [2.45, 2.75) is 52.9 Å². The first-order valence-corrected chi connectivity index (χ1v) is 7.68. The van der Waals surface area contributed by atoms with Crippen LogP contribution in [-0.2, 0) is 11.2 Å². The van der Waals surface area contributed by atoms with Crippen molar-refractivity contribution in [3.63, 3.8) is 0 Å². The van der Waals surface area contributed by atoms with Gasteiger partial charge in [-0.05, 0) is 43.1 Å². The number of carbonyl (C=O) groups is 1. The third-order valence-corrected chi connectivity index (χ3v) is 3.44. The molecule has 0 aliphatic rings. The lowest BCUT2D eigenvalue weighted by Crippen LogP contribution is -2.34. The molecule has 0 saturated heterocycles. The molecular formula is C16H24N2OS. The summed E-state index contributed by atoms with van der Waals surface area (Å²) in [6.07, 6.45) is 4.56. The van der Waals surface area contributed by atoms with Crippen LogP contribution in [0.1, 0.15) is 50.7 Å². The van der Waals surface area contributed by atoms with Crippen LogP contribution < -0.4 is 10.6 Å². The topological polar surface area (TPSA) is 41.1 Å². The van der Waals surface area contributed by atoms with Crippen LogP contribution in [0, 0.1) is 6.92 Å². The van der Waals surface area contributed by atoms with Gasteiger partial charge in [0.25, 0.3) is 0 Å². The summed E-state index contributed by atoms with van der Waals surface area (Å²) in [6.45, 7) is 6.26. The van der Waals surface area contributed by atoms with Gasteiger partial charge in [0.15, 0.2) is 5.11 Å². The Morgan fingerprint density at radius 2 is 2.00 bits per heavy atom. The molecule has 110 valence electrons. The number of benzene rings is 1. The Kier molecular flexibility index (Phi) is 7.23. The van der Waals surface area contributed by atoms with Crippen molar-refractivity contribution in [1.82, 2.24) is 5.32 Å². The molecule has 1 aromatic rings. The van der Waals surface area contributed by atoms with E-state index in [9.17, 15) is 4.79 Å². The summed E-state index contributed by atoms with van der Waals surface area (Å²) in [5.74, 6) is -0.0115. The zero-order valence-electron chi connectivity index (χ0n) is 12.6. The highest BCUT2D eigenvalue weighted by molar-refractivity contribution is 7.80. The first-order chi connectivity index (χ1) is 9.58. The van der Waals surface area contributed by atoms with Crippen molar-refractivity contribution in [3.8, 4) is 0 Å². The molecule has 0 heterocycles. The maximum absolute atomic E-state index is 11.7. The second-order valence-electron chi connectivity index (χ2n) is 4.92. The molecule has 0 bridgehead atoms. The maximum atomic E-state index is 11.7. The Balaban J connectivity index is 2.56. The van der Waals surface area contributed by atoms with Crippen molar-refractivity contribution in [2.75, 3.05) is 5.32 Å². The van der Waals surface area contributed by atoms with Gasteiger partial charge >= 0.3 is 0 Å². The summed E-state index contributed by atoms with van der Waals surface area (Å²) in [5.41, 5.74) is 3.34. The van der Waals surface area contributed by atoms with E-state index in [-0.39, 0.29) is 5.91 Å². The van der Waals surface area contributed by atoms with Gasteiger partial charge in [-0.1, -0.05) is 44.9 Å². The number of aryl methyl sites for hydroxylation is 2. The number of amides is 1. The van der Waals surface area contributed by atoms with Crippen LogP contribution in [0.15, 0.2) is 18.2 Å². The standard InChI is InChI=1S/C16H24N2OS/c1-4-6-7-11-14(19)17-16(20)18-15-12(3)9-8-10-13(15)5-2/h8-10H,4-7,11H2,1-3H3,(H2,17,18,19,20). The van der Waals surface area contributed by atoms with Crippen LogP contribution in [0.25, 0.3) is 0 Å². The molecule has 0 fully saturated rings. The van der Waals surface area contributed by atoms with Crippen molar-refractivity contribution in [2.24, 2.45) is 0 Å². The second-order valence-corrected chi connectivity index (χ2v) is 5.33. The number of hydrogen-bond acceptors (Lipinski definition) is 2. The van der Waals surface area contributed by atoms with Gasteiger partial charge in [0.2, 0.25) is 5.91 Å². The lowest BCUT2D eigenvalue weighted by Gasteiger charge is -2.15. The smallest absolute Gasteiger partial charge is 0.226 e. The molecular weight excluding hydrogens is 268 g/mol. The number of thiocarbonyl (C=S) groups is 1. The molecule has 0 spiro atoms. The monoisotopic (exact) mass is 292 g/mol. The van der Waals surface area contributed by atoms with Gasteiger partial charge in [-0.2, -0.15) is 0 Å². The molecule has 0 saturated carbocycles. The maximum Gasteiger partial charge on any atom is 0.226 e. The normalized spacial score (nSPS) is 10.2. The predicted octanol–water partition coefficient (Wildman–Crippen LogP) is 3.95. The molecule has 0 radical (unpaired) electrons. The Labute approximate surface area is 127 Å². The van der Waals surface area contributed by atoms with Crippen LogP contribution in [0.2, 0.25) is 0 Å². The fourth-order valence-corrected chi connectivity index (χ4v) is 2.29. The van der Waals surface area contributed by atoms with Gasteiger partial charge in [0.1, 0.15) is 0 Å². The van der Waals surface area contributed by atoms with Crippen LogP contribution in [-0.4, -0.2) is 11.0 Å². The zero-order chi connectivity index (χ0) is 15.0. The SMILES string of the molecule is CCCCCC(=O)NC(=S)Nc1c(C)cccc1CC. The number of hydrogen-bond donors (Lipinski definition) is 2. The average Bonchev–Trinajstić information content (AvgIpc) is 2.41. The fourth-order valence-electron chi connectivity index (χ4n) is 2.07. The van der Waals surface area contributed by atoms with Crippen molar-refractivity contribution in [3.05, 3.63) is 29.3 Å². The summed E-state index contributed by atoms with van der Waals surface area (Å²) in [4.78, 5) is 11.7. The molecule has 0 unspecified atom stereocenters. The van der Waals surface area contributed by atoms with E-state index < -0.39 is 0 Å². The predicted molar refractivity (Wildman–Crippen MR) is 89.1 cm³/mol. The van der Waals surface area contributed by atoms with E-state index in [1.807, 2.05) is 19.1 Å². The molecule has 4 heteroatoms. The number of rotatable bonds is 6. The average molecular weight is 292 g/mol. The first-order valence-electron chi connectivity index (χ1n) is 7.27. The Morgan fingerprint density at radius 3 is 2.65 bits per heavy atom. The highest BCUT2D eigenvalue weighted by Crippen LogP contribution is 2.20. The van der Waals surface area contributed by atoms with Crippen molar-refractivity contribution < 1.29 is 4.79 Å². The largest absolute Gasteiger partial charge is 0.332 e. The Morgan fingerprint density at radius 1 is 1.25 bits per heavy atom. The number of unbranched alkanes of at least 4 members (excludes halogenated alkanes) is 2. The van der Waals surface area contributed by atoms with E-state index in [1.54, 1.807) is 0 Å².